The van der Waals surface area contributed by atoms with Crippen LogP contribution in [0.2, 0.25) is 0 Å². The van der Waals surface area contributed by atoms with Gasteiger partial charge < -0.3 is 19.5 Å². The van der Waals surface area contributed by atoms with E-state index in [4.69, 9.17) is 14.2 Å². The fourth-order valence-electron chi connectivity index (χ4n) is 6.45. The molecule has 0 spiro atoms. The monoisotopic (exact) mass is 429 g/mol. The summed E-state index contributed by atoms with van der Waals surface area (Å²) in [6.45, 7) is 4.53. The van der Waals surface area contributed by atoms with Crippen LogP contribution in [-0.4, -0.2) is 37.7 Å². The van der Waals surface area contributed by atoms with Crippen molar-refractivity contribution in [2.45, 2.75) is 64.8 Å². The van der Waals surface area contributed by atoms with Crippen LogP contribution in [0.3, 0.4) is 0 Å². The van der Waals surface area contributed by atoms with Gasteiger partial charge in [0.2, 0.25) is 0 Å². The molecule has 1 aromatic rings. The molecule has 6 nitrogen and oxygen atoms in total. The molecular weight excluding hydrogens is 394 g/mol. The summed E-state index contributed by atoms with van der Waals surface area (Å²) in [4.78, 5) is 24.5. The van der Waals surface area contributed by atoms with E-state index in [1.807, 2.05) is 25.1 Å². The van der Waals surface area contributed by atoms with E-state index in [-0.39, 0.29) is 37.0 Å². The second kappa shape index (κ2) is 9.49. The lowest BCUT2D eigenvalue weighted by Gasteiger charge is -2.59. The number of rotatable bonds is 10. The number of para-hydroxylation sites is 2. The Labute approximate surface area is 185 Å². The molecule has 1 N–H and O–H groups in total. The van der Waals surface area contributed by atoms with Crippen LogP contribution in [0, 0.1) is 23.2 Å². The molecule has 1 aromatic carbocycles. The van der Waals surface area contributed by atoms with Gasteiger partial charge in [-0.25, -0.2) is 0 Å². The molecule has 31 heavy (non-hydrogen) atoms. The van der Waals surface area contributed by atoms with Crippen molar-refractivity contribution < 1.29 is 23.8 Å². The summed E-state index contributed by atoms with van der Waals surface area (Å²) in [6, 6.07) is 7.48. The number of carbonyl (C=O) groups is 2. The van der Waals surface area contributed by atoms with E-state index >= 15 is 0 Å². The Balaban J connectivity index is 1.18. The summed E-state index contributed by atoms with van der Waals surface area (Å²) < 4.78 is 16.3. The third kappa shape index (κ3) is 5.16. The lowest BCUT2D eigenvalue weighted by Crippen LogP contribution is -2.56. The fraction of sp³-hybridized carbons (Fsp3) is 0.680. The van der Waals surface area contributed by atoms with Crippen LogP contribution in [0.15, 0.2) is 24.3 Å². The highest BCUT2D eigenvalue weighted by Gasteiger charge is 2.53. The van der Waals surface area contributed by atoms with Gasteiger partial charge in [-0.2, -0.15) is 0 Å². The molecule has 0 aromatic heterocycles. The van der Waals surface area contributed by atoms with Crippen molar-refractivity contribution in [1.29, 1.82) is 0 Å². The second-order valence-corrected chi connectivity index (χ2v) is 9.71. The highest BCUT2D eigenvalue weighted by atomic mass is 16.5. The Bertz CT molecular complexity index is 757. The third-order valence-electron chi connectivity index (χ3n) is 7.46. The number of nitrogens with one attached hydrogen (secondary N) is 1. The third-order valence-corrected chi connectivity index (χ3v) is 7.46. The molecule has 4 aliphatic rings. The first-order valence-electron chi connectivity index (χ1n) is 11.8. The molecule has 0 heterocycles. The van der Waals surface area contributed by atoms with Crippen LogP contribution in [0.25, 0.3) is 0 Å². The molecule has 1 atom stereocenters. The van der Waals surface area contributed by atoms with Crippen molar-refractivity contribution in [3.05, 3.63) is 24.3 Å². The second-order valence-electron chi connectivity index (χ2n) is 9.71. The smallest absolute Gasteiger partial charge is 0.309 e. The minimum Gasteiger partial charge on any atom is -0.490 e. The van der Waals surface area contributed by atoms with Crippen molar-refractivity contribution in [2.24, 2.45) is 23.2 Å². The van der Waals surface area contributed by atoms with E-state index in [0.29, 0.717) is 18.1 Å². The van der Waals surface area contributed by atoms with E-state index < -0.39 is 5.97 Å². The largest absolute Gasteiger partial charge is 0.490 e. The maximum atomic E-state index is 12.4. The zero-order valence-corrected chi connectivity index (χ0v) is 18.7. The summed E-state index contributed by atoms with van der Waals surface area (Å²) in [5.41, 5.74) is 0.246. The average molecular weight is 430 g/mol. The summed E-state index contributed by atoms with van der Waals surface area (Å²) >= 11 is 0. The number of amides is 1. The van der Waals surface area contributed by atoms with E-state index in [1.54, 1.807) is 6.07 Å². The number of benzene rings is 1. The van der Waals surface area contributed by atoms with E-state index in [0.717, 1.165) is 17.8 Å². The van der Waals surface area contributed by atoms with E-state index in [2.05, 4.69) is 12.2 Å². The molecular formula is C25H35NO5. The molecule has 4 bridgehead atoms. The molecule has 0 unspecified atom stereocenters. The van der Waals surface area contributed by atoms with Crippen molar-refractivity contribution in [3.8, 4) is 11.5 Å². The predicted octanol–water partition coefficient (Wildman–Crippen LogP) is 4.12. The summed E-state index contributed by atoms with van der Waals surface area (Å²) in [6.07, 6.45) is 7.94. The van der Waals surface area contributed by atoms with Gasteiger partial charge in [-0.1, -0.05) is 12.1 Å². The molecule has 5 rings (SSSR count). The SMILES string of the molecule is CCOc1ccccc1OCCC(=O)OCC(=O)N[C@@H](C)C12CC3CC(CC(C3)C1)C2. The molecule has 4 fully saturated rings. The highest BCUT2D eigenvalue weighted by molar-refractivity contribution is 5.80. The Kier molecular flexibility index (Phi) is 6.73. The Morgan fingerprint density at radius 3 is 2.19 bits per heavy atom. The van der Waals surface area contributed by atoms with Crippen LogP contribution in [0.4, 0.5) is 0 Å². The van der Waals surface area contributed by atoms with Gasteiger partial charge in [0, 0.05) is 6.04 Å². The van der Waals surface area contributed by atoms with Gasteiger partial charge in [0.05, 0.1) is 19.6 Å². The number of ether oxygens (including phenoxy) is 3. The van der Waals surface area contributed by atoms with Crippen molar-refractivity contribution >= 4 is 11.9 Å². The maximum Gasteiger partial charge on any atom is 0.309 e. The lowest BCUT2D eigenvalue weighted by molar-refractivity contribution is -0.150. The quantitative estimate of drug-likeness (QED) is 0.567. The van der Waals surface area contributed by atoms with Crippen LogP contribution in [0.5, 0.6) is 11.5 Å². The van der Waals surface area contributed by atoms with Gasteiger partial charge in [-0.15, -0.1) is 0 Å². The van der Waals surface area contributed by atoms with Gasteiger partial charge in [0.15, 0.2) is 18.1 Å². The standard InChI is InChI=1S/C25H35NO5/c1-3-29-21-6-4-5-7-22(21)30-9-8-24(28)31-16-23(27)26-17(2)25-13-18-10-19(14-25)12-20(11-18)15-25/h4-7,17-20H,3,8-16H2,1-2H3,(H,26,27)/t17-,18?,19?,20?,25?/m0/s1. The van der Waals surface area contributed by atoms with Crippen molar-refractivity contribution in [2.75, 3.05) is 19.8 Å². The topological polar surface area (TPSA) is 73.9 Å². The Hall–Kier alpha value is -2.24. The molecule has 0 aliphatic heterocycles. The van der Waals surface area contributed by atoms with E-state index in [9.17, 15) is 9.59 Å². The molecule has 0 radical (unpaired) electrons. The number of hydrogen-bond acceptors (Lipinski definition) is 5. The average Bonchev–Trinajstić information content (AvgIpc) is 2.73. The summed E-state index contributed by atoms with van der Waals surface area (Å²) in [7, 11) is 0. The normalized spacial score (nSPS) is 29.3. The number of hydrogen-bond donors (Lipinski definition) is 1. The van der Waals surface area contributed by atoms with E-state index in [1.165, 1.54) is 38.5 Å². The molecule has 4 aliphatic carbocycles. The maximum absolute atomic E-state index is 12.4. The van der Waals surface area contributed by atoms with Crippen LogP contribution >= 0.6 is 0 Å². The van der Waals surface area contributed by atoms with Gasteiger partial charge in [-0.3, -0.25) is 9.59 Å². The number of esters is 1. The summed E-state index contributed by atoms with van der Waals surface area (Å²) in [5, 5.41) is 3.13. The van der Waals surface area contributed by atoms with Crippen molar-refractivity contribution in [1.82, 2.24) is 5.32 Å². The zero-order valence-electron chi connectivity index (χ0n) is 18.7. The van der Waals surface area contributed by atoms with Crippen LogP contribution in [0.1, 0.15) is 58.8 Å². The first kappa shape index (κ1) is 22.0. The summed E-state index contributed by atoms with van der Waals surface area (Å²) in [5.74, 6) is 3.13. The highest BCUT2D eigenvalue weighted by Crippen LogP contribution is 2.61. The first-order chi connectivity index (χ1) is 15.0. The molecule has 170 valence electrons. The molecule has 1 amide bonds. The van der Waals surface area contributed by atoms with Gasteiger partial charge >= 0.3 is 5.97 Å². The van der Waals surface area contributed by atoms with Crippen molar-refractivity contribution in [3.63, 3.8) is 0 Å². The Morgan fingerprint density at radius 2 is 1.61 bits per heavy atom. The lowest BCUT2D eigenvalue weighted by atomic mass is 9.48. The number of carbonyl (C=O) groups excluding carboxylic acids is 2. The van der Waals surface area contributed by atoms with Gasteiger partial charge in [-0.05, 0) is 87.7 Å². The Morgan fingerprint density at radius 1 is 1.03 bits per heavy atom. The van der Waals surface area contributed by atoms with Crippen LogP contribution < -0.4 is 14.8 Å². The molecule has 4 saturated carbocycles. The minimum absolute atomic E-state index is 0.0816. The minimum atomic E-state index is -0.438. The zero-order chi connectivity index (χ0) is 21.8. The first-order valence-corrected chi connectivity index (χ1v) is 11.8. The van der Waals surface area contributed by atoms with Gasteiger partial charge in [0.1, 0.15) is 0 Å². The van der Waals surface area contributed by atoms with Crippen LogP contribution in [-0.2, 0) is 14.3 Å². The van der Waals surface area contributed by atoms with Gasteiger partial charge in [0.25, 0.3) is 5.91 Å². The fourth-order valence-corrected chi connectivity index (χ4v) is 6.45. The predicted molar refractivity (Wildman–Crippen MR) is 117 cm³/mol. The molecule has 0 saturated heterocycles. The molecule has 6 heteroatoms.